The summed E-state index contributed by atoms with van der Waals surface area (Å²) in [7, 11) is 1.84. The Morgan fingerprint density at radius 1 is 1.29 bits per heavy atom. The minimum Gasteiger partial charge on any atom is -0.321 e. The molecule has 1 N–H and O–H groups in total. The van der Waals surface area contributed by atoms with Gasteiger partial charge in [0.05, 0.1) is 29.3 Å². The van der Waals surface area contributed by atoms with Gasteiger partial charge in [0.15, 0.2) is 0 Å². The lowest BCUT2D eigenvalue weighted by molar-refractivity contribution is 0.768. The fourth-order valence-corrected chi connectivity index (χ4v) is 1.09. The van der Waals surface area contributed by atoms with Crippen molar-refractivity contribution >= 4 is 23.2 Å². The number of anilines is 2. The average Bonchev–Trinajstić information content (AvgIpc) is 2.56. The van der Waals surface area contributed by atoms with Crippen molar-refractivity contribution < 1.29 is 0 Å². The Balaban J connectivity index is 2.15. The molecule has 0 aliphatic heterocycles. The van der Waals surface area contributed by atoms with Crippen molar-refractivity contribution in [2.45, 2.75) is 0 Å². The Kier molecular flexibility index (Phi) is 2.32. The predicted octanol–water partition coefficient (Wildman–Crippen LogP) is 1.61. The van der Waals surface area contributed by atoms with Gasteiger partial charge >= 0.3 is 0 Å². The van der Waals surface area contributed by atoms with E-state index in [2.05, 4.69) is 20.4 Å². The van der Waals surface area contributed by atoms with Gasteiger partial charge < -0.3 is 5.32 Å². The van der Waals surface area contributed by atoms with Crippen molar-refractivity contribution in [3.8, 4) is 0 Å². The number of hydrogen-bond acceptors (Lipinski definition) is 4. The van der Waals surface area contributed by atoms with Crippen LogP contribution in [0, 0.1) is 0 Å². The molecule has 0 bridgehead atoms. The molecule has 2 rings (SSSR count). The first-order chi connectivity index (χ1) is 6.74. The molecule has 0 atom stereocenters. The van der Waals surface area contributed by atoms with Crippen molar-refractivity contribution in [2.75, 3.05) is 5.32 Å². The van der Waals surface area contributed by atoms with Gasteiger partial charge in [-0.3, -0.25) is 4.68 Å². The second-order valence-corrected chi connectivity index (χ2v) is 3.19. The molecule has 0 aliphatic carbocycles. The van der Waals surface area contributed by atoms with E-state index in [1.54, 1.807) is 10.9 Å². The molecule has 0 saturated carbocycles. The van der Waals surface area contributed by atoms with Crippen LogP contribution in [0.3, 0.4) is 0 Å². The van der Waals surface area contributed by atoms with Gasteiger partial charge in [0.1, 0.15) is 0 Å². The molecule has 2 heterocycles. The third-order valence-corrected chi connectivity index (χ3v) is 1.78. The van der Waals surface area contributed by atoms with Crippen molar-refractivity contribution in [3.05, 3.63) is 29.8 Å². The van der Waals surface area contributed by atoms with Crippen LogP contribution >= 0.6 is 11.6 Å². The lowest BCUT2D eigenvalue weighted by Gasteiger charge is -1.99. The molecule has 2 aromatic heterocycles. The number of halogens is 1. The molecule has 0 saturated heterocycles. The largest absolute Gasteiger partial charge is 0.321 e. The predicted molar refractivity (Wildman–Crippen MR) is 53.5 cm³/mol. The molecule has 0 amide bonds. The third kappa shape index (κ3) is 2.00. The summed E-state index contributed by atoms with van der Waals surface area (Å²) in [6.45, 7) is 0. The van der Waals surface area contributed by atoms with Crippen LogP contribution in [-0.2, 0) is 7.05 Å². The zero-order valence-corrected chi connectivity index (χ0v) is 8.23. The number of nitrogens with one attached hydrogen (secondary N) is 1. The quantitative estimate of drug-likeness (QED) is 0.817. The lowest BCUT2D eigenvalue weighted by Crippen LogP contribution is -1.94. The van der Waals surface area contributed by atoms with Crippen LogP contribution in [0.4, 0.5) is 11.6 Å². The number of aryl methyl sites for hydroxylation is 1. The Bertz CT molecular complexity index is 422. The van der Waals surface area contributed by atoms with Gasteiger partial charge in [-0.1, -0.05) is 11.6 Å². The van der Waals surface area contributed by atoms with Crippen LogP contribution in [0.1, 0.15) is 0 Å². The van der Waals surface area contributed by atoms with Crippen LogP contribution < -0.4 is 5.32 Å². The molecule has 0 radical (unpaired) electrons. The standard InChI is InChI=1S/C8H8ClN5/c1-14-5-7(4-12-14)13-8-10-2-6(9)3-11-8/h2-5H,1H3,(H,10,11,13). The smallest absolute Gasteiger partial charge is 0.227 e. The van der Waals surface area contributed by atoms with E-state index in [0.29, 0.717) is 11.0 Å². The monoisotopic (exact) mass is 209 g/mol. The first kappa shape index (κ1) is 8.96. The first-order valence-electron chi connectivity index (χ1n) is 3.97. The fourth-order valence-electron chi connectivity index (χ4n) is 0.992. The van der Waals surface area contributed by atoms with E-state index in [4.69, 9.17) is 11.6 Å². The van der Waals surface area contributed by atoms with E-state index in [9.17, 15) is 0 Å². The van der Waals surface area contributed by atoms with E-state index >= 15 is 0 Å². The zero-order valence-electron chi connectivity index (χ0n) is 7.48. The highest BCUT2D eigenvalue weighted by molar-refractivity contribution is 6.30. The summed E-state index contributed by atoms with van der Waals surface area (Å²) in [5, 5.41) is 7.51. The Morgan fingerprint density at radius 2 is 2.00 bits per heavy atom. The molecular formula is C8H8ClN5. The summed E-state index contributed by atoms with van der Waals surface area (Å²) in [6.07, 6.45) is 6.59. The van der Waals surface area contributed by atoms with Gasteiger partial charge in [-0.2, -0.15) is 5.10 Å². The van der Waals surface area contributed by atoms with E-state index in [1.807, 2.05) is 13.2 Å². The van der Waals surface area contributed by atoms with Gasteiger partial charge in [0.25, 0.3) is 0 Å². The van der Waals surface area contributed by atoms with Crippen LogP contribution in [0.2, 0.25) is 5.02 Å². The number of hydrogen-bond donors (Lipinski definition) is 1. The van der Waals surface area contributed by atoms with E-state index in [1.165, 1.54) is 12.4 Å². The molecule has 0 unspecified atom stereocenters. The second kappa shape index (κ2) is 3.63. The molecule has 0 aromatic carbocycles. The SMILES string of the molecule is Cn1cc(Nc2ncc(Cl)cn2)cn1. The molecular weight excluding hydrogens is 202 g/mol. The minimum absolute atomic E-state index is 0.502. The zero-order chi connectivity index (χ0) is 9.97. The highest BCUT2D eigenvalue weighted by atomic mass is 35.5. The molecule has 0 fully saturated rings. The molecule has 6 heteroatoms. The summed E-state index contributed by atoms with van der Waals surface area (Å²) in [4.78, 5) is 7.98. The average molecular weight is 210 g/mol. The third-order valence-electron chi connectivity index (χ3n) is 1.58. The first-order valence-corrected chi connectivity index (χ1v) is 4.35. The summed E-state index contributed by atoms with van der Waals surface area (Å²) < 4.78 is 1.69. The highest BCUT2D eigenvalue weighted by Gasteiger charge is 1.98. The molecule has 72 valence electrons. The van der Waals surface area contributed by atoms with Gasteiger partial charge in [-0.05, 0) is 0 Å². The maximum atomic E-state index is 5.65. The van der Waals surface area contributed by atoms with E-state index in [0.717, 1.165) is 5.69 Å². The van der Waals surface area contributed by atoms with Crippen LogP contribution in [0.25, 0.3) is 0 Å². The van der Waals surface area contributed by atoms with Crippen molar-refractivity contribution in [1.82, 2.24) is 19.7 Å². The molecule has 5 nitrogen and oxygen atoms in total. The Labute approximate surface area is 85.8 Å². The Hall–Kier alpha value is -1.62. The van der Waals surface area contributed by atoms with Crippen LogP contribution in [0.15, 0.2) is 24.8 Å². The Morgan fingerprint density at radius 3 is 2.57 bits per heavy atom. The van der Waals surface area contributed by atoms with Gasteiger partial charge in [0.2, 0.25) is 5.95 Å². The van der Waals surface area contributed by atoms with Crippen molar-refractivity contribution in [2.24, 2.45) is 7.05 Å². The summed E-state index contributed by atoms with van der Waals surface area (Å²) >= 11 is 5.65. The molecule has 0 aliphatic rings. The summed E-state index contributed by atoms with van der Waals surface area (Å²) in [6, 6.07) is 0. The van der Waals surface area contributed by atoms with Crippen LogP contribution in [-0.4, -0.2) is 19.7 Å². The number of aromatic nitrogens is 4. The minimum atomic E-state index is 0.502. The summed E-state index contributed by atoms with van der Waals surface area (Å²) in [5.74, 6) is 0.502. The summed E-state index contributed by atoms with van der Waals surface area (Å²) in [5.41, 5.74) is 0.842. The van der Waals surface area contributed by atoms with Gasteiger partial charge in [0, 0.05) is 13.2 Å². The van der Waals surface area contributed by atoms with Crippen LogP contribution in [0.5, 0.6) is 0 Å². The molecule has 2 aromatic rings. The van der Waals surface area contributed by atoms with Crippen molar-refractivity contribution in [3.63, 3.8) is 0 Å². The number of nitrogens with zero attached hydrogens (tertiary/aromatic N) is 4. The maximum absolute atomic E-state index is 5.65. The maximum Gasteiger partial charge on any atom is 0.227 e. The van der Waals surface area contributed by atoms with Gasteiger partial charge in [-0.15, -0.1) is 0 Å². The lowest BCUT2D eigenvalue weighted by atomic mass is 10.5. The van der Waals surface area contributed by atoms with E-state index < -0.39 is 0 Å². The second-order valence-electron chi connectivity index (χ2n) is 2.75. The van der Waals surface area contributed by atoms with E-state index in [-0.39, 0.29) is 0 Å². The van der Waals surface area contributed by atoms with Crippen molar-refractivity contribution in [1.29, 1.82) is 0 Å². The van der Waals surface area contributed by atoms with Gasteiger partial charge in [-0.25, -0.2) is 9.97 Å². The highest BCUT2D eigenvalue weighted by Crippen LogP contribution is 2.11. The number of rotatable bonds is 2. The molecule has 0 spiro atoms. The fraction of sp³-hybridized carbons (Fsp3) is 0.125. The molecule has 14 heavy (non-hydrogen) atoms. The topological polar surface area (TPSA) is 55.6 Å². The normalized spacial score (nSPS) is 10.1.